The highest BCUT2D eigenvalue weighted by molar-refractivity contribution is 5.04. The third kappa shape index (κ3) is 2.27. The van der Waals surface area contributed by atoms with Crippen LogP contribution in [0.25, 0.3) is 0 Å². The van der Waals surface area contributed by atoms with E-state index in [-0.39, 0.29) is 12.7 Å². The predicted octanol–water partition coefficient (Wildman–Crippen LogP) is 0.690. The summed E-state index contributed by atoms with van der Waals surface area (Å²) in [6, 6.07) is 0. The van der Waals surface area contributed by atoms with E-state index in [4.69, 9.17) is 9.84 Å². The summed E-state index contributed by atoms with van der Waals surface area (Å²) in [7, 11) is 0. The lowest BCUT2D eigenvalue weighted by atomic mass is 10.2. The first-order valence-electron chi connectivity index (χ1n) is 4.91. The molecular weight excluding hydrogens is 180 g/mol. The molecule has 0 aliphatic carbocycles. The van der Waals surface area contributed by atoms with Crippen LogP contribution in [0.15, 0.2) is 12.4 Å². The van der Waals surface area contributed by atoms with Gasteiger partial charge in [-0.05, 0) is 12.8 Å². The van der Waals surface area contributed by atoms with Gasteiger partial charge in [0.15, 0.2) is 0 Å². The lowest BCUT2D eigenvalue weighted by Gasteiger charge is -2.07. The number of rotatable bonds is 3. The molecule has 2 heterocycles. The summed E-state index contributed by atoms with van der Waals surface area (Å²) in [5, 5.41) is 8.81. The topological polar surface area (TPSA) is 55.2 Å². The molecule has 0 saturated carbocycles. The third-order valence-electron chi connectivity index (χ3n) is 2.38. The number of aromatic nitrogens is 2. The van der Waals surface area contributed by atoms with E-state index in [1.165, 1.54) is 0 Å². The van der Waals surface area contributed by atoms with Crippen LogP contribution in [0.2, 0.25) is 0 Å². The van der Waals surface area contributed by atoms with Crippen LogP contribution in [0.5, 0.6) is 0 Å². The minimum atomic E-state index is 0.000207. The number of ether oxygens (including phenoxy) is 1. The Balaban J connectivity index is 1.95. The summed E-state index contributed by atoms with van der Waals surface area (Å²) < 4.78 is 5.48. The smallest absolute Gasteiger partial charge is 0.130 e. The zero-order valence-electron chi connectivity index (χ0n) is 8.02. The van der Waals surface area contributed by atoms with E-state index >= 15 is 0 Å². The highest BCUT2D eigenvalue weighted by Crippen LogP contribution is 2.15. The van der Waals surface area contributed by atoms with Gasteiger partial charge in [0, 0.05) is 31.0 Å². The average Bonchev–Trinajstić information content (AvgIpc) is 2.72. The molecule has 1 aromatic rings. The molecule has 1 unspecified atom stereocenters. The molecule has 0 radical (unpaired) electrons. The number of nitrogens with zero attached hydrogens (tertiary/aromatic N) is 2. The Hall–Kier alpha value is -1.00. The van der Waals surface area contributed by atoms with Crippen molar-refractivity contribution in [3.63, 3.8) is 0 Å². The molecule has 1 saturated heterocycles. The summed E-state index contributed by atoms with van der Waals surface area (Å²) in [6.07, 6.45) is 6.64. The first-order valence-corrected chi connectivity index (χ1v) is 4.91. The fraction of sp³-hybridized carbons (Fsp3) is 0.600. The maximum Gasteiger partial charge on any atom is 0.130 e. The zero-order chi connectivity index (χ0) is 9.80. The predicted molar refractivity (Wildman–Crippen MR) is 50.6 cm³/mol. The molecule has 1 aliphatic heterocycles. The van der Waals surface area contributed by atoms with Gasteiger partial charge in [-0.2, -0.15) is 0 Å². The van der Waals surface area contributed by atoms with E-state index in [0.717, 1.165) is 37.3 Å². The van der Waals surface area contributed by atoms with Crippen molar-refractivity contribution in [2.24, 2.45) is 0 Å². The van der Waals surface area contributed by atoms with Gasteiger partial charge in [-0.3, -0.25) is 0 Å². The molecule has 4 heteroatoms. The second kappa shape index (κ2) is 4.48. The van der Waals surface area contributed by atoms with E-state index in [1.807, 2.05) is 0 Å². The molecule has 0 aromatic carbocycles. The van der Waals surface area contributed by atoms with Crippen molar-refractivity contribution in [3.05, 3.63) is 23.8 Å². The van der Waals surface area contributed by atoms with Gasteiger partial charge in [0.25, 0.3) is 0 Å². The fourth-order valence-corrected chi connectivity index (χ4v) is 1.58. The molecule has 0 amide bonds. The van der Waals surface area contributed by atoms with Gasteiger partial charge in [0.1, 0.15) is 5.82 Å². The van der Waals surface area contributed by atoms with Gasteiger partial charge in [-0.15, -0.1) is 0 Å². The SMILES string of the molecule is OCc1cnc(CC2CCCO2)nc1. The van der Waals surface area contributed by atoms with Gasteiger partial charge in [0.05, 0.1) is 12.7 Å². The van der Waals surface area contributed by atoms with Gasteiger partial charge in [-0.25, -0.2) is 9.97 Å². The van der Waals surface area contributed by atoms with Crippen LogP contribution in [0.4, 0.5) is 0 Å². The Labute approximate surface area is 83.0 Å². The van der Waals surface area contributed by atoms with Gasteiger partial charge in [-0.1, -0.05) is 0 Å². The second-order valence-corrected chi connectivity index (χ2v) is 3.50. The van der Waals surface area contributed by atoms with E-state index in [0.29, 0.717) is 0 Å². The normalized spacial score (nSPS) is 21.4. The number of hydrogen-bond acceptors (Lipinski definition) is 4. The zero-order valence-corrected chi connectivity index (χ0v) is 8.02. The summed E-state index contributed by atoms with van der Waals surface area (Å²) >= 11 is 0. The van der Waals surface area contributed by atoms with Crippen molar-refractivity contribution in [1.82, 2.24) is 9.97 Å². The number of aliphatic hydroxyl groups excluding tert-OH is 1. The van der Waals surface area contributed by atoms with Crippen LogP contribution in [-0.2, 0) is 17.8 Å². The van der Waals surface area contributed by atoms with Gasteiger partial charge in [0.2, 0.25) is 0 Å². The molecule has 1 N–H and O–H groups in total. The van der Waals surface area contributed by atoms with E-state index in [9.17, 15) is 0 Å². The van der Waals surface area contributed by atoms with Crippen molar-refractivity contribution < 1.29 is 9.84 Å². The molecule has 0 spiro atoms. The maximum atomic E-state index is 8.81. The first kappa shape index (κ1) is 9.55. The molecule has 1 atom stereocenters. The third-order valence-corrected chi connectivity index (χ3v) is 2.38. The van der Waals surface area contributed by atoms with Crippen molar-refractivity contribution in [2.45, 2.75) is 32.0 Å². The molecule has 14 heavy (non-hydrogen) atoms. The lowest BCUT2D eigenvalue weighted by Crippen LogP contribution is -2.11. The minimum Gasteiger partial charge on any atom is -0.392 e. The Kier molecular flexibility index (Phi) is 3.06. The molecular formula is C10H14N2O2. The Morgan fingerprint density at radius 2 is 2.21 bits per heavy atom. The van der Waals surface area contributed by atoms with Crippen LogP contribution in [-0.4, -0.2) is 27.8 Å². The van der Waals surface area contributed by atoms with E-state index < -0.39 is 0 Å². The largest absolute Gasteiger partial charge is 0.392 e. The number of aliphatic hydroxyl groups is 1. The summed E-state index contributed by atoms with van der Waals surface area (Å²) in [5.41, 5.74) is 0.751. The van der Waals surface area contributed by atoms with E-state index in [2.05, 4.69) is 9.97 Å². The monoisotopic (exact) mass is 194 g/mol. The lowest BCUT2D eigenvalue weighted by molar-refractivity contribution is 0.110. The Morgan fingerprint density at radius 3 is 2.79 bits per heavy atom. The Morgan fingerprint density at radius 1 is 1.43 bits per heavy atom. The van der Waals surface area contributed by atoms with E-state index in [1.54, 1.807) is 12.4 Å². The van der Waals surface area contributed by atoms with Gasteiger partial charge >= 0.3 is 0 Å². The molecule has 0 bridgehead atoms. The molecule has 1 aliphatic rings. The number of hydrogen-bond donors (Lipinski definition) is 1. The quantitative estimate of drug-likeness (QED) is 0.769. The van der Waals surface area contributed by atoms with Crippen molar-refractivity contribution in [1.29, 1.82) is 0 Å². The maximum absolute atomic E-state index is 8.81. The molecule has 4 nitrogen and oxygen atoms in total. The highest BCUT2D eigenvalue weighted by Gasteiger charge is 2.16. The standard InChI is InChI=1S/C10H14N2O2/c13-7-8-5-11-10(12-6-8)4-9-2-1-3-14-9/h5-6,9,13H,1-4,7H2. The highest BCUT2D eigenvalue weighted by atomic mass is 16.5. The molecule has 1 fully saturated rings. The summed E-state index contributed by atoms with van der Waals surface area (Å²) in [4.78, 5) is 8.32. The molecule has 2 rings (SSSR count). The van der Waals surface area contributed by atoms with Crippen LogP contribution >= 0.6 is 0 Å². The average molecular weight is 194 g/mol. The first-order chi connectivity index (χ1) is 6.88. The van der Waals surface area contributed by atoms with Gasteiger partial charge < -0.3 is 9.84 Å². The van der Waals surface area contributed by atoms with Crippen LogP contribution in [0, 0.1) is 0 Å². The minimum absolute atomic E-state index is 0.000207. The summed E-state index contributed by atoms with van der Waals surface area (Å²) in [6.45, 7) is 0.861. The molecule has 76 valence electrons. The van der Waals surface area contributed by atoms with Crippen LogP contribution < -0.4 is 0 Å². The van der Waals surface area contributed by atoms with Crippen LogP contribution in [0.3, 0.4) is 0 Å². The van der Waals surface area contributed by atoms with Crippen molar-refractivity contribution in [3.8, 4) is 0 Å². The Bertz CT molecular complexity index is 281. The van der Waals surface area contributed by atoms with Crippen molar-refractivity contribution >= 4 is 0 Å². The fourth-order valence-electron chi connectivity index (χ4n) is 1.58. The van der Waals surface area contributed by atoms with Crippen molar-refractivity contribution in [2.75, 3.05) is 6.61 Å². The molecule has 1 aromatic heterocycles. The summed E-state index contributed by atoms with van der Waals surface area (Å²) in [5.74, 6) is 0.800. The second-order valence-electron chi connectivity index (χ2n) is 3.50. The van der Waals surface area contributed by atoms with Crippen LogP contribution in [0.1, 0.15) is 24.2 Å².